The van der Waals surface area contributed by atoms with E-state index in [0.29, 0.717) is 25.3 Å². The smallest absolute Gasteiger partial charge is 0.275 e. The molecule has 0 aliphatic rings. The van der Waals surface area contributed by atoms with Gasteiger partial charge in [0.1, 0.15) is 5.69 Å². The number of nitrogens with one attached hydrogen (secondary N) is 1. The maximum Gasteiger partial charge on any atom is 0.275 e. The van der Waals surface area contributed by atoms with Crippen molar-refractivity contribution >= 4 is 35.3 Å². The largest absolute Gasteiger partial charge is 0.380 e. The van der Waals surface area contributed by atoms with Gasteiger partial charge in [0.25, 0.3) is 5.91 Å². The van der Waals surface area contributed by atoms with Gasteiger partial charge >= 0.3 is 0 Å². The summed E-state index contributed by atoms with van der Waals surface area (Å²) in [5, 5.41) is 5.46. The van der Waals surface area contributed by atoms with Gasteiger partial charge in [0, 0.05) is 24.6 Å². The summed E-state index contributed by atoms with van der Waals surface area (Å²) in [6, 6.07) is 7.55. The molecule has 2 rings (SSSR count). The van der Waals surface area contributed by atoms with Crippen molar-refractivity contribution in [3.63, 3.8) is 0 Å². The van der Waals surface area contributed by atoms with E-state index in [4.69, 9.17) is 10.5 Å². The van der Waals surface area contributed by atoms with Gasteiger partial charge in [-0.2, -0.15) is 0 Å². The van der Waals surface area contributed by atoms with Crippen molar-refractivity contribution in [2.24, 2.45) is 5.73 Å². The van der Waals surface area contributed by atoms with Gasteiger partial charge in [-0.05, 0) is 24.2 Å². The lowest BCUT2D eigenvalue weighted by molar-refractivity contribution is 0.102. The van der Waals surface area contributed by atoms with Crippen LogP contribution in [0.15, 0.2) is 29.6 Å². The monoisotopic (exact) mass is 327 g/mol. The molecule has 3 N–H and O–H groups in total. The van der Waals surface area contributed by atoms with Crippen LogP contribution in [0.1, 0.15) is 21.1 Å². The minimum Gasteiger partial charge on any atom is -0.380 e. The standard InChI is InChI=1S/C14H17N3O2S.ClH/c1-19-8-10-3-2-4-11(7-10)16-14(18)12-9-20-13(17-12)5-6-15;/h2-4,7,9H,5-6,8,15H2,1H3,(H,16,18);1H. The Labute approximate surface area is 133 Å². The number of methoxy groups -OCH3 is 1. The lowest BCUT2D eigenvalue weighted by Gasteiger charge is -2.05. The number of aromatic nitrogens is 1. The molecule has 7 heteroatoms. The van der Waals surface area contributed by atoms with E-state index in [1.807, 2.05) is 24.3 Å². The van der Waals surface area contributed by atoms with Gasteiger partial charge in [0.05, 0.1) is 11.6 Å². The van der Waals surface area contributed by atoms with Crippen molar-refractivity contribution in [1.82, 2.24) is 4.98 Å². The summed E-state index contributed by atoms with van der Waals surface area (Å²) in [4.78, 5) is 16.3. The van der Waals surface area contributed by atoms with Crippen LogP contribution < -0.4 is 11.1 Å². The number of anilines is 1. The summed E-state index contributed by atoms with van der Waals surface area (Å²) in [5.74, 6) is -0.209. The molecule has 0 aliphatic carbocycles. The van der Waals surface area contributed by atoms with E-state index in [1.54, 1.807) is 12.5 Å². The molecule has 0 atom stereocenters. The van der Waals surface area contributed by atoms with Gasteiger partial charge in [-0.1, -0.05) is 12.1 Å². The van der Waals surface area contributed by atoms with Gasteiger partial charge in [0.15, 0.2) is 0 Å². The number of rotatable bonds is 6. The molecule has 0 radical (unpaired) electrons. The third kappa shape index (κ3) is 5.09. The van der Waals surface area contributed by atoms with E-state index < -0.39 is 0 Å². The van der Waals surface area contributed by atoms with Gasteiger partial charge in [-0.25, -0.2) is 4.98 Å². The molecule has 0 spiro atoms. The molecule has 2 aromatic rings. The number of benzene rings is 1. The maximum atomic E-state index is 12.1. The zero-order chi connectivity index (χ0) is 14.4. The quantitative estimate of drug-likeness (QED) is 0.854. The van der Waals surface area contributed by atoms with E-state index >= 15 is 0 Å². The lowest BCUT2D eigenvalue weighted by Crippen LogP contribution is -2.13. The number of amides is 1. The first-order valence-electron chi connectivity index (χ1n) is 6.26. The molecule has 0 saturated heterocycles. The van der Waals surface area contributed by atoms with E-state index in [9.17, 15) is 4.79 Å². The van der Waals surface area contributed by atoms with Crippen LogP contribution >= 0.6 is 23.7 Å². The third-order valence-electron chi connectivity index (χ3n) is 2.64. The second kappa shape index (κ2) is 8.74. The molecule has 1 aromatic carbocycles. The zero-order valence-electron chi connectivity index (χ0n) is 11.7. The molecule has 114 valence electrons. The molecule has 21 heavy (non-hydrogen) atoms. The second-order valence-electron chi connectivity index (χ2n) is 4.25. The first-order chi connectivity index (χ1) is 9.72. The summed E-state index contributed by atoms with van der Waals surface area (Å²) < 4.78 is 5.07. The summed E-state index contributed by atoms with van der Waals surface area (Å²) >= 11 is 1.45. The van der Waals surface area contributed by atoms with Gasteiger partial charge in [-0.15, -0.1) is 23.7 Å². The van der Waals surface area contributed by atoms with E-state index in [1.165, 1.54) is 11.3 Å². The molecule has 0 unspecified atom stereocenters. The number of thiazole rings is 1. The SMILES string of the molecule is COCc1cccc(NC(=O)c2csc(CCN)n2)c1.Cl. The number of carbonyl (C=O) groups excluding carboxylic acids is 1. The Morgan fingerprint density at radius 2 is 2.29 bits per heavy atom. The van der Waals surface area contributed by atoms with Crippen LogP contribution in [0.3, 0.4) is 0 Å². The fourth-order valence-electron chi connectivity index (χ4n) is 1.75. The highest BCUT2D eigenvalue weighted by Crippen LogP contribution is 2.15. The average molecular weight is 328 g/mol. The number of nitrogens with two attached hydrogens (primary N) is 1. The molecule has 1 aromatic heterocycles. The number of hydrogen-bond acceptors (Lipinski definition) is 5. The third-order valence-corrected chi connectivity index (χ3v) is 3.55. The minimum absolute atomic E-state index is 0. The van der Waals surface area contributed by atoms with Crippen molar-refractivity contribution in [1.29, 1.82) is 0 Å². The predicted molar refractivity (Wildman–Crippen MR) is 87.2 cm³/mol. The molecule has 0 bridgehead atoms. The first kappa shape index (κ1) is 17.6. The fraction of sp³-hybridized carbons (Fsp3) is 0.286. The van der Waals surface area contributed by atoms with Gasteiger partial charge in [-0.3, -0.25) is 4.79 Å². The number of hydrogen-bond donors (Lipinski definition) is 2. The number of nitrogens with zero attached hydrogens (tertiary/aromatic N) is 1. The van der Waals surface area contributed by atoms with Crippen LogP contribution in [0.5, 0.6) is 0 Å². The Hall–Kier alpha value is -1.47. The summed E-state index contributed by atoms with van der Waals surface area (Å²) in [7, 11) is 1.64. The summed E-state index contributed by atoms with van der Waals surface area (Å²) in [6.07, 6.45) is 0.696. The maximum absolute atomic E-state index is 12.1. The van der Waals surface area contributed by atoms with E-state index in [0.717, 1.165) is 16.3 Å². The molecular formula is C14H18ClN3O2S. The van der Waals surface area contributed by atoms with E-state index in [-0.39, 0.29) is 18.3 Å². The lowest BCUT2D eigenvalue weighted by atomic mass is 10.2. The second-order valence-corrected chi connectivity index (χ2v) is 5.20. The van der Waals surface area contributed by atoms with Crippen LogP contribution in [0.2, 0.25) is 0 Å². The average Bonchev–Trinajstić information content (AvgIpc) is 2.89. The van der Waals surface area contributed by atoms with Crippen molar-refractivity contribution < 1.29 is 9.53 Å². The number of halogens is 1. The Kier molecular flexibility index (Phi) is 7.31. The summed E-state index contributed by atoms with van der Waals surface area (Å²) in [6.45, 7) is 1.05. The molecular weight excluding hydrogens is 310 g/mol. The normalized spacial score (nSPS) is 10.0. The highest BCUT2D eigenvalue weighted by Gasteiger charge is 2.10. The minimum atomic E-state index is -0.209. The molecule has 0 saturated carbocycles. The highest BCUT2D eigenvalue weighted by molar-refractivity contribution is 7.09. The van der Waals surface area contributed by atoms with Gasteiger partial charge < -0.3 is 15.8 Å². The zero-order valence-corrected chi connectivity index (χ0v) is 13.3. The first-order valence-corrected chi connectivity index (χ1v) is 7.14. The Balaban J connectivity index is 0.00000220. The van der Waals surface area contributed by atoms with Crippen LogP contribution in [-0.4, -0.2) is 24.5 Å². The highest BCUT2D eigenvalue weighted by atomic mass is 35.5. The molecule has 5 nitrogen and oxygen atoms in total. The van der Waals surface area contributed by atoms with Gasteiger partial charge in [0.2, 0.25) is 0 Å². The van der Waals surface area contributed by atoms with Crippen molar-refractivity contribution in [2.45, 2.75) is 13.0 Å². The van der Waals surface area contributed by atoms with Crippen LogP contribution in [0.25, 0.3) is 0 Å². The predicted octanol–water partition coefficient (Wildman–Crippen LogP) is 2.46. The van der Waals surface area contributed by atoms with Crippen LogP contribution in [0, 0.1) is 0 Å². The van der Waals surface area contributed by atoms with Crippen molar-refractivity contribution in [2.75, 3.05) is 19.0 Å². The Bertz CT molecular complexity index is 589. The van der Waals surface area contributed by atoms with Crippen LogP contribution in [0.4, 0.5) is 5.69 Å². The number of ether oxygens (including phenoxy) is 1. The van der Waals surface area contributed by atoms with Crippen molar-refractivity contribution in [3.05, 3.63) is 45.9 Å². The Morgan fingerprint density at radius 1 is 1.48 bits per heavy atom. The van der Waals surface area contributed by atoms with Crippen molar-refractivity contribution in [3.8, 4) is 0 Å². The molecule has 1 amide bonds. The van der Waals surface area contributed by atoms with E-state index in [2.05, 4.69) is 10.3 Å². The topological polar surface area (TPSA) is 77.2 Å². The molecule has 0 aliphatic heterocycles. The Morgan fingerprint density at radius 3 is 3.00 bits per heavy atom. The molecule has 0 fully saturated rings. The fourth-order valence-corrected chi connectivity index (χ4v) is 2.55. The molecule has 1 heterocycles. The summed E-state index contributed by atoms with van der Waals surface area (Å²) in [5.41, 5.74) is 7.64. The number of carbonyl (C=O) groups is 1. The van der Waals surface area contributed by atoms with Crippen LogP contribution in [-0.2, 0) is 17.8 Å².